The lowest BCUT2D eigenvalue weighted by atomic mass is 10.1. The summed E-state index contributed by atoms with van der Waals surface area (Å²) in [4.78, 5) is 14.1. The van der Waals surface area contributed by atoms with E-state index < -0.39 is 24.7 Å². The molecule has 1 aliphatic heterocycles. The van der Waals surface area contributed by atoms with E-state index in [4.69, 9.17) is 11.5 Å². The summed E-state index contributed by atoms with van der Waals surface area (Å²) >= 11 is 0. The maximum absolute atomic E-state index is 14.6. The van der Waals surface area contributed by atoms with E-state index in [-0.39, 0.29) is 47.2 Å². The number of nitrogen functional groups attached to an aromatic ring is 2. The molecule has 0 amide bonds. The number of aromatic nitrogens is 6. The summed E-state index contributed by atoms with van der Waals surface area (Å²) in [6.07, 6.45) is -1.43. The normalized spacial score (nSPS) is 15.8. The molecule has 0 radical (unpaired) electrons. The van der Waals surface area contributed by atoms with E-state index in [1.165, 1.54) is 15.1 Å². The average molecular weight is 497 g/mol. The smallest absolute Gasteiger partial charge is 0.261 e. The first-order valence-electron chi connectivity index (χ1n) is 10.8. The van der Waals surface area contributed by atoms with Crippen molar-refractivity contribution in [2.45, 2.75) is 39.2 Å². The molecule has 1 fully saturated rings. The molecule has 4 N–H and O–H groups in total. The van der Waals surface area contributed by atoms with Crippen LogP contribution < -0.4 is 11.5 Å². The van der Waals surface area contributed by atoms with Crippen LogP contribution in [0.3, 0.4) is 0 Å². The molecule has 9 nitrogen and oxygen atoms in total. The largest absolute Gasteiger partial charge is 0.382 e. The first-order chi connectivity index (χ1) is 16.5. The fraction of sp³-hybridized carbons (Fsp3) is 0.429. The Morgan fingerprint density at radius 2 is 1.89 bits per heavy atom. The third-order valence-electron chi connectivity index (χ3n) is 5.68. The molecular weight excluding hydrogens is 473 g/mol. The fourth-order valence-electron chi connectivity index (χ4n) is 4.03. The molecule has 0 atom stereocenters. The Morgan fingerprint density at radius 3 is 2.49 bits per heavy atom. The Balaban J connectivity index is 0.000000271. The van der Waals surface area contributed by atoms with Crippen LogP contribution in [0.2, 0.25) is 0 Å². The Kier molecular flexibility index (Phi) is 6.49. The summed E-state index contributed by atoms with van der Waals surface area (Å²) in [5.41, 5.74) is 12.5. The summed E-state index contributed by atoms with van der Waals surface area (Å²) in [6, 6.07) is 3.12. The van der Waals surface area contributed by atoms with Gasteiger partial charge in [-0.25, -0.2) is 36.4 Å². The Morgan fingerprint density at radius 1 is 1.14 bits per heavy atom. The summed E-state index contributed by atoms with van der Waals surface area (Å²) < 4.78 is 67.4. The molecule has 4 aromatic heterocycles. The van der Waals surface area contributed by atoms with Gasteiger partial charge in [-0.1, -0.05) is 6.92 Å². The predicted octanol–water partition coefficient (Wildman–Crippen LogP) is 3.37. The molecule has 14 heteroatoms. The van der Waals surface area contributed by atoms with Gasteiger partial charge >= 0.3 is 0 Å². The lowest BCUT2D eigenvalue weighted by Gasteiger charge is -2.11. The van der Waals surface area contributed by atoms with Crippen molar-refractivity contribution in [1.82, 2.24) is 34.0 Å². The zero-order valence-corrected chi connectivity index (χ0v) is 19.0. The Labute approximate surface area is 196 Å². The van der Waals surface area contributed by atoms with Crippen molar-refractivity contribution in [3.63, 3.8) is 0 Å². The minimum Gasteiger partial charge on any atom is -0.382 e. The number of alkyl halides is 4. The van der Waals surface area contributed by atoms with Crippen LogP contribution in [0.1, 0.15) is 19.2 Å². The maximum atomic E-state index is 14.6. The summed E-state index contributed by atoms with van der Waals surface area (Å²) in [7, 11) is 0. The highest BCUT2D eigenvalue weighted by atomic mass is 19.3. The Hall–Kier alpha value is -3.55. The van der Waals surface area contributed by atoms with Crippen LogP contribution in [0.25, 0.3) is 27.9 Å². The van der Waals surface area contributed by atoms with Crippen molar-refractivity contribution in [3.8, 4) is 11.3 Å². The molecule has 1 saturated heterocycles. The van der Waals surface area contributed by atoms with E-state index in [9.17, 15) is 22.0 Å². The van der Waals surface area contributed by atoms with Gasteiger partial charge in [-0.3, -0.25) is 4.90 Å². The van der Waals surface area contributed by atoms with Gasteiger partial charge in [0.2, 0.25) is 5.95 Å². The molecule has 4 aromatic rings. The highest BCUT2D eigenvalue weighted by Gasteiger charge is 2.37. The maximum Gasteiger partial charge on any atom is 0.261 e. The number of imidazole rings is 1. The van der Waals surface area contributed by atoms with Crippen molar-refractivity contribution in [2.24, 2.45) is 0 Å². The molecule has 35 heavy (non-hydrogen) atoms. The molecule has 5 rings (SSSR count). The minimum atomic E-state index is -2.57. The van der Waals surface area contributed by atoms with Crippen molar-refractivity contribution in [2.75, 3.05) is 31.1 Å². The van der Waals surface area contributed by atoms with Gasteiger partial charge in [0.15, 0.2) is 17.3 Å². The monoisotopic (exact) mass is 497 g/mol. The van der Waals surface area contributed by atoms with Crippen LogP contribution in [-0.4, -0.2) is 66.0 Å². The zero-order valence-electron chi connectivity index (χ0n) is 19.0. The lowest BCUT2D eigenvalue weighted by molar-refractivity contribution is 0.0127. The minimum absolute atomic E-state index is 0.0180. The van der Waals surface area contributed by atoms with E-state index in [1.807, 2.05) is 6.92 Å². The number of hydrogen-bond acceptors (Lipinski definition) is 7. The number of likely N-dealkylation sites (tertiary alicyclic amines) is 1. The standard InChI is InChI=1S/C15H13F3N8.C6H11F2N/c1-6-21-9-3-2-8(22-14(9)25(6)5-10(17)18)11-7(16)4-26-12(11)13(19)23-15(20)24-26;1-2-9-4-3-6(7,8)5-9/h2-4,10H,5H2,1H3,(H4,19,20,23,24);2-5H2,1H3. The number of fused-ring (bicyclic) bond motifs is 2. The van der Waals surface area contributed by atoms with Gasteiger partial charge < -0.3 is 16.0 Å². The Bertz CT molecular complexity index is 1360. The first kappa shape index (κ1) is 24.6. The predicted molar refractivity (Wildman–Crippen MR) is 121 cm³/mol. The van der Waals surface area contributed by atoms with Gasteiger partial charge in [-0.15, -0.1) is 5.10 Å². The van der Waals surface area contributed by atoms with E-state index in [0.29, 0.717) is 17.9 Å². The van der Waals surface area contributed by atoms with Crippen molar-refractivity contribution in [3.05, 3.63) is 30.0 Å². The SMILES string of the molecule is CCN1CCC(F)(F)C1.Cc1nc2ccc(-c3c(F)cn4nc(N)nc(N)c34)nc2n1CC(F)F. The third-order valence-corrected chi connectivity index (χ3v) is 5.68. The van der Waals surface area contributed by atoms with Crippen molar-refractivity contribution in [1.29, 1.82) is 0 Å². The van der Waals surface area contributed by atoms with Crippen LogP contribution in [0.15, 0.2) is 18.3 Å². The fourth-order valence-corrected chi connectivity index (χ4v) is 4.03. The number of nitrogens with zero attached hydrogens (tertiary/aromatic N) is 7. The van der Waals surface area contributed by atoms with Crippen LogP contribution in [0.4, 0.5) is 33.7 Å². The molecule has 0 aliphatic carbocycles. The molecule has 0 aromatic carbocycles. The average Bonchev–Trinajstić information content (AvgIpc) is 3.40. The second kappa shape index (κ2) is 9.24. The molecule has 0 saturated carbocycles. The quantitative estimate of drug-likeness (QED) is 0.416. The van der Waals surface area contributed by atoms with Crippen LogP contribution in [0, 0.1) is 12.7 Å². The van der Waals surface area contributed by atoms with E-state index >= 15 is 0 Å². The number of anilines is 2. The molecule has 0 unspecified atom stereocenters. The third kappa shape index (κ3) is 4.97. The van der Waals surface area contributed by atoms with Gasteiger partial charge in [0, 0.05) is 13.0 Å². The molecule has 0 bridgehead atoms. The second-order valence-electron chi connectivity index (χ2n) is 8.18. The highest BCUT2D eigenvalue weighted by Crippen LogP contribution is 2.32. The topological polar surface area (TPSA) is 116 Å². The van der Waals surface area contributed by atoms with Crippen LogP contribution >= 0.6 is 0 Å². The van der Waals surface area contributed by atoms with Crippen molar-refractivity contribution < 1.29 is 22.0 Å². The number of aryl methyl sites for hydroxylation is 1. The molecule has 1 aliphatic rings. The molecule has 0 spiro atoms. The van der Waals surface area contributed by atoms with E-state index in [0.717, 1.165) is 12.7 Å². The number of halogens is 5. The number of pyridine rings is 1. The number of hydrogen-bond donors (Lipinski definition) is 2. The van der Waals surface area contributed by atoms with E-state index in [1.54, 1.807) is 17.9 Å². The first-order valence-corrected chi connectivity index (χ1v) is 10.8. The van der Waals surface area contributed by atoms with Gasteiger partial charge in [-0.05, 0) is 25.6 Å². The highest BCUT2D eigenvalue weighted by molar-refractivity contribution is 5.88. The van der Waals surface area contributed by atoms with Gasteiger partial charge in [0.05, 0.1) is 30.5 Å². The van der Waals surface area contributed by atoms with Gasteiger partial charge in [0.1, 0.15) is 16.9 Å². The second-order valence-corrected chi connectivity index (χ2v) is 8.18. The van der Waals surface area contributed by atoms with Crippen LogP contribution in [0.5, 0.6) is 0 Å². The van der Waals surface area contributed by atoms with Crippen molar-refractivity contribution >= 4 is 28.4 Å². The molecule has 5 heterocycles. The zero-order chi connectivity index (χ0) is 25.5. The lowest BCUT2D eigenvalue weighted by Crippen LogP contribution is -2.24. The number of nitrogens with two attached hydrogens (primary N) is 2. The summed E-state index contributed by atoms with van der Waals surface area (Å²) in [5.74, 6) is -2.78. The number of rotatable bonds is 4. The molecular formula is C21H24F5N9. The summed E-state index contributed by atoms with van der Waals surface area (Å²) in [6.45, 7) is 4.22. The van der Waals surface area contributed by atoms with E-state index in [2.05, 4.69) is 20.1 Å². The summed E-state index contributed by atoms with van der Waals surface area (Å²) in [5, 5.41) is 3.89. The van der Waals surface area contributed by atoms with Gasteiger partial charge in [0.25, 0.3) is 12.3 Å². The van der Waals surface area contributed by atoms with Crippen LogP contribution in [-0.2, 0) is 6.54 Å². The van der Waals surface area contributed by atoms with Gasteiger partial charge in [-0.2, -0.15) is 4.98 Å². The molecule has 188 valence electrons.